The molecule has 0 atom stereocenters. The van der Waals surface area contributed by atoms with Gasteiger partial charge in [-0.3, -0.25) is 13.9 Å². The van der Waals surface area contributed by atoms with Gasteiger partial charge in [0.05, 0.1) is 30.6 Å². The third kappa shape index (κ3) is 2.81. The van der Waals surface area contributed by atoms with Crippen LogP contribution in [0.2, 0.25) is 5.02 Å². The fourth-order valence-electron chi connectivity index (χ4n) is 2.62. The summed E-state index contributed by atoms with van der Waals surface area (Å²) in [5.41, 5.74) is 0.491. The Balaban J connectivity index is 2.29. The van der Waals surface area contributed by atoms with Crippen LogP contribution >= 0.6 is 11.6 Å². The molecule has 1 heterocycles. The van der Waals surface area contributed by atoms with Crippen molar-refractivity contribution in [2.45, 2.75) is 13.1 Å². The van der Waals surface area contributed by atoms with Crippen LogP contribution in [0.15, 0.2) is 58.1 Å². The number of halogens is 1. The minimum absolute atomic E-state index is 0.0367. The molecule has 0 aliphatic carbocycles. The molecule has 118 valence electrons. The maximum atomic E-state index is 12.7. The Morgan fingerprint density at radius 1 is 0.957 bits per heavy atom. The van der Waals surface area contributed by atoms with Gasteiger partial charge < -0.3 is 5.11 Å². The lowest BCUT2D eigenvalue weighted by Gasteiger charge is -2.14. The predicted molar refractivity (Wildman–Crippen MR) is 90.1 cm³/mol. The lowest BCUT2D eigenvalue weighted by Crippen LogP contribution is -2.41. The first kappa shape index (κ1) is 15.5. The maximum absolute atomic E-state index is 12.7. The SMILES string of the molecule is O=c1c2ccccc2n(Cc2ccccc2Cl)c(=O)n1CCO. The molecule has 0 unspecified atom stereocenters. The summed E-state index contributed by atoms with van der Waals surface area (Å²) < 4.78 is 2.56. The summed E-state index contributed by atoms with van der Waals surface area (Å²) in [6, 6.07) is 14.2. The summed E-state index contributed by atoms with van der Waals surface area (Å²) >= 11 is 6.19. The lowest BCUT2D eigenvalue weighted by molar-refractivity contribution is 0.270. The van der Waals surface area contributed by atoms with Gasteiger partial charge in [-0.1, -0.05) is 41.9 Å². The molecule has 1 N–H and O–H groups in total. The molecule has 0 saturated carbocycles. The first-order valence-electron chi connectivity index (χ1n) is 7.20. The topological polar surface area (TPSA) is 64.2 Å². The Labute approximate surface area is 137 Å². The number of aliphatic hydroxyl groups is 1. The summed E-state index contributed by atoms with van der Waals surface area (Å²) in [7, 11) is 0. The second-order valence-electron chi connectivity index (χ2n) is 5.16. The summed E-state index contributed by atoms with van der Waals surface area (Å²) in [6.45, 7) is -0.0602. The van der Waals surface area contributed by atoms with Gasteiger partial charge in [0.1, 0.15) is 0 Å². The number of rotatable bonds is 4. The molecule has 23 heavy (non-hydrogen) atoms. The minimum Gasteiger partial charge on any atom is -0.395 e. The van der Waals surface area contributed by atoms with Gasteiger partial charge in [-0.15, -0.1) is 0 Å². The monoisotopic (exact) mass is 330 g/mol. The number of para-hydroxylation sites is 1. The number of aliphatic hydroxyl groups excluding tert-OH is 1. The highest BCUT2D eigenvalue weighted by molar-refractivity contribution is 6.31. The Hall–Kier alpha value is -2.37. The van der Waals surface area contributed by atoms with Crippen LogP contribution in [0.3, 0.4) is 0 Å². The van der Waals surface area contributed by atoms with Crippen molar-refractivity contribution in [2.24, 2.45) is 0 Å². The Morgan fingerprint density at radius 2 is 1.65 bits per heavy atom. The smallest absolute Gasteiger partial charge is 0.331 e. The van der Waals surface area contributed by atoms with Crippen LogP contribution < -0.4 is 11.2 Å². The summed E-state index contributed by atoms with van der Waals surface area (Å²) in [5.74, 6) is 0. The van der Waals surface area contributed by atoms with Gasteiger partial charge in [0, 0.05) is 5.02 Å². The summed E-state index contributed by atoms with van der Waals surface area (Å²) in [6.07, 6.45) is 0. The van der Waals surface area contributed by atoms with Crippen LogP contribution in [0.5, 0.6) is 0 Å². The van der Waals surface area contributed by atoms with Crippen LogP contribution in [0, 0.1) is 0 Å². The molecule has 0 amide bonds. The molecule has 0 saturated heterocycles. The second-order valence-corrected chi connectivity index (χ2v) is 5.56. The molecule has 0 aliphatic heterocycles. The highest BCUT2D eigenvalue weighted by atomic mass is 35.5. The number of hydrogen-bond acceptors (Lipinski definition) is 3. The number of hydrogen-bond donors (Lipinski definition) is 1. The van der Waals surface area contributed by atoms with E-state index in [2.05, 4.69) is 0 Å². The van der Waals surface area contributed by atoms with Crippen molar-refractivity contribution in [3.8, 4) is 0 Å². The standard InChI is InChI=1S/C17H15ClN2O3/c18-14-7-3-1-5-12(14)11-20-15-8-4-2-6-13(15)16(22)19(9-10-21)17(20)23/h1-8,21H,9-11H2. The third-order valence-corrected chi connectivity index (χ3v) is 4.11. The van der Waals surface area contributed by atoms with Gasteiger partial charge >= 0.3 is 5.69 Å². The van der Waals surface area contributed by atoms with Crippen molar-refractivity contribution in [3.05, 3.63) is 80.0 Å². The van der Waals surface area contributed by atoms with Crippen molar-refractivity contribution in [1.29, 1.82) is 0 Å². The van der Waals surface area contributed by atoms with Crippen LogP contribution in [0.25, 0.3) is 10.9 Å². The van der Waals surface area contributed by atoms with Gasteiger partial charge in [0.15, 0.2) is 0 Å². The normalized spacial score (nSPS) is 11.0. The maximum Gasteiger partial charge on any atom is 0.331 e. The molecule has 5 nitrogen and oxygen atoms in total. The summed E-state index contributed by atoms with van der Waals surface area (Å²) in [4.78, 5) is 25.1. The highest BCUT2D eigenvalue weighted by Gasteiger charge is 2.13. The average molecular weight is 331 g/mol. The Morgan fingerprint density at radius 3 is 2.39 bits per heavy atom. The molecule has 1 aromatic heterocycles. The van der Waals surface area contributed by atoms with Gasteiger partial charge in [0.2, 0.25) is 0 Å². The van der Waals surface area contributed by atoms with Gasteiger partial charge in [-0.2, -0.15) is 0 Å². The van der Waals surface area contributed by atoms with Crippen molar-refractivity contribution < 1.29 is 5.11 Å². The van der Waals surface area contributed by atoms with Crippen LogP contribution in [-0.4, -0.2) is 20.8 Å². The quantitative estimate of drug-likeness (QED) is 0.794. The molecular weight excluding hydrogens is 316 g/mol. The van der Waals surface area contributed by atoms with Gasteiger partial charge in [-0.05, 0) is 23.8 Å². The summed E-state index contributed by atoms with van der Waals surface area (Å²) in [5, 5.41) is 10.1. The zero-order valence-corrected chi connectivity index (χ0v) is 13.0. The predicted octanol–water partition coefficient (Wildman–Crippen LogP) is 1.86. The molecule has 0 bridgehead atoms. The molecule has 0 aliphatic rings. The molecule has 0 fully saturated rings. The van der Waals surface area contributed by atoms with E-state index in [0.29, 0.717) is 15.9 Å². The zero-order valence-electron chi connectivity index (χ0n) is 12.3. The third-order valence-electron chi connectivity index (χ3n) is 3.74. The molecule has 2 aromatic carbocycles. The number of aromatic nitrogens is 2. The van der Waals surface area contributed by atoms with E-state index in [1.165, 1.54) is 4.57 Å². The fourth-order valence-corrected chi connectivity index (χ4v) is 2.81. The van der Waals surface area contributed by atoms with Crippen molar-refractivity contribution >= 4 is 22.5 Å². The van der Waals surface area contributed by atoms with E-state index in [1.807, 2.05) is 18.2 Å². The highest BCUT2D eigenvalue weighted by Crippen LogP contribution is 2.17. The van der Waals surface area contributed by atoms with Crippen molar-refractivity contribution in [3.63, 3.8) is 0 Å². The Kier molecular flexibility index (Phi) is 4.32. The van der Waals surface area contributed by atoms with Crippen LogP contribution in [0.4, 0.5) is 0 Å². The molecule has 6 heteroatoms. The van der Waals surface area contributed by atoms with E-state index >= 15 is 0 Å². The number of benzene rings is 2. The van der Waals surface area contributed by atoms with Gasteiger partial charge in [-0.25, -0.2) is 4.79 Å². The van der Waals surface area contributed by atoms with E-state index in [4.69, 9.17) is 16.7 Å². The largest absolute Gasteiger partial charge is 0.395 e. The second kappa shape index (κ2) is 6.40. The zero-order chi connectivity index (χ0) is 16.4. The molecule has 0 radical (unpaired) electrons. The van der Waals surface area contributed by atoms with Gasteiger partial charge in [0.25, 0.3) is 5.56 Å². The number of fused-ring (bicyclic) bond motifs is 1. The molecule has 0 spiro atoms. The first-order chi connectivity index (χ1) is 11.1. The van der Waals surface area contributed by atoms with Crippen LogP contribution in [-0.2, 0) is 13.1 Å². The van der Waals surface area contributed by atoms with Crippen LogP contribution in [0.1, 0.15) is 5.56 Å². The molecule has 3 aromatic rings. The van der Waals surface area contributed by atoms with E-state index in [9.17, 15) is 9.59 Å². The van der Waals surface area contributed by atoms with Crippen molar-refractivity contribution in [1.82, 2.24) is 9.13 Å². The van der Waals surface area contributed by atoms with E-state index < -0.39 is 11.2 Å². The molecule has 3 rings (SSSR count). The van der Waals surface area contributed by atoms with Crippen molar-refractivity contribution in [2.75, 3.05) is 6.61 Å². The average Bonchev–Trinajstić information content (AvgIpc) is 2.57. The Bertz CT molecular complexity index is 975. The molecular formula is C17H15ClN2O3. The lowest BCUT2D eigenvalue weighted by atomic mass is 10.2. The van der Waals surface area contributed by atoms with E-state index in [-0.39, 0.29) is 19.7 Å². The van der Waals surface area contributed by atoms with E-state index in [0.717, 1.165) is 10.1 Å². The number of nitrogens with zero attached hydrogens (tertiary/aromatic N) is 2. The minimum atomic E-state index is -0.456. The fraction of sp³-hybridized carbons (Fsp3) is 0.176. The first-order valence-corrected chi connectivity index (χ1v) is 7.58. The van der Waals surface area contributed by atoms with E-state index in [1.54, 1.807) is 30.3 Å².